The number of rotatable bonds is 4. The summed E-state index contributed by atoms with van der Waals surface area (Å²) in [4.78, 5) is 42.2. The van der Waals surface area contributed by atoms with Gasteiger partial charge >= 0.3 is 5.97 Å². The summed E-state index contributed by atoms with van der Waals surface area (Å²) in [5.41, 5.74) is 0.627. The third kappa shape index (κ3) is 3.50. The van der Waals surface area contributed by atoms with Gasteiger partial charge in [-0.2, -0.15) is 5.10 Å². The minimum Gasteiger partial charge on any atom is -0.480 e. The smallest absolute Gasteiger partial charge is 0.325 e. The molecule has 24 heavy (non-hydrogen) atoms. The van der Waals surface area contributed by atoms with Crippen LogP contribution in [0.3, 0.4) is 0 Å². The first-order valence-electron chi connectivity index (χ1n) is 7.62. The van der Waals surface area contributed by atoms with Gasteiger partial charge in [-0.1, -0.05) is 0 Å². The van der Waals surface area contributed by atoms with E-state index in [0.29, 0.717) is 13.1 Å². The van der Waals surface area contributed by atoms with E-state index < -0.39 is 5.97 Å². The molecule has 1 saturated heterocycles. The van der Waals surface area contributed by atoms with Crippen LogP contribution in [0.15, 0.2) is 29.5 Å². The number of amides is 1. The van der Waals surface area contributed by atoms with Crippen LogP contribution in [0.4, 0.5) is 0 Å². The van der Waals surface area contributed by atoms with E-state index in [1.807, 2.05) is 0 Å². The molecule has 1 amide bonds. The van der Waals surface area contributed by atoms with E-state index in [1.54, 1.807) is 17.2 Å². The number of carboxylic acids is 1. The Labute approximate surface area is 136 Å². The molecule has 1 aliphatic rings. The molecule has 126 valence electrons. The number of nitrogens with zero attached hydrogens (tertiary/aromatic N) is 4. The van der Waals surface area contributed by atoms with E-state index >= 15 is 0 Å². The van der Waals surface area contributed by atoms with Crippen molar-refractivity contribution in [2.24, 2.45) is 0 Å². The van der Waals surface area contributed by atoms with Crippen LogP contribution in [0, 0.1) is 0 Å². The Balaban J connectivity index is 1.70. The fourth-order valence-corrected chi connectivity index (χ4v) is 2.85. The SMILES string of the molecule is O=C(O)Cn1ccc([C@H]2CCCN(C(=O)c3c[nH]c(=O)cn3)C2)n1. The van der Waals surface area contributed by atoms with Gasteiger partial charge in [-0.05, 0) is 18.9 Å². The van der Waals surface area contributed by atoms with Crippen molar-refractivity contribution in [3.8, 4) is 0 Å². The number of aromatic amines is 1. The first-order chi connectivity index (χ1) is 11.5. The quantitative estimate of drug-likeness (QED) is 0.818. The van der Waals surface area contributed by atoms with Gasteiger partial charge in [0.25, 0.3) is 11.5 Å². The first-order valence-corrected chi connectivity index (χ1v) is 7.62. The minimum atomic E-state index is -0.950. The van der Waals surface area contributed by atoms with Crippen molar-refractivity contribution in [1.29, 1.82) is 0 Å². The topological polar surface area (TPSA) is 121 Å². The fraction of sp³-hybridized carbons (Fsp3) is 0.400. The maximum absolute atomic E-state index is 12.5. The van der Waals surface area contributed by atoms with Gasteiger partial charge in [0.2, 0.25) is 0 Å². The molecule has 0 aromatic carbocycles. The normalized spacial score (nSPS) is 17.7. The molecular weight excluding hydrogens is 314 g/mol. The summed E-state index contributed by atoms with van der Waals surface area (Å²) in [5.74, 6) is -1.13. The van der Waals surface area contributed by atoms with E-state index in [2.05, 4.69) is 15.1 Å². The van der Waals surface area contributed by atoms with Gasteiger partial charge < -0.3 is 15.0 Å². The zero-order valence-electron chi connectivity index (χ0n) is 12.9. The van der Waals surface area contributed by atoms with Crippen molar-refractivity contribution >= 4 is 11.9 Å². The van der Waals surface area contributed by atoms with E-state index in [9.17, 15) is 14.4 Å². The maximum Gasteiger partial charge on any atom is 0.325 e. The molecule has 3 heterocycles. The van der Waals surface area contributed by atoms with Crippen molar-refractivity contribution in [1.82, 2.24) is 24.6 Å². The van der Waals surface area contributed by atoms with Crippen molar-refractivity contribution in [2.75, 3.05) is 13.1 Å². The standard InChI is InChI=1S/C15H17N5O4/c21-13-7-16-12(6-17-13)15(24)19-4-1-2-10(8-19)11-3-5-20(18-11)9-14(22)23/h3,5-7,10H,1-2,4,8-9H2,(H,17,21)(H,22,23)/t10-/m0/s1. The summed E-state index contributed by atoms with van der Waals surface area (Å²) in [5, 5.41) is 13.1. The molecule has 0 saturated carbocycles. The maximum atomic E-state index is 12.5. The number of likely N-dealkylation sites (tertiary alicyclic amines) is 1. The number of nitrogens with one attached hydrogen (secondary N) is 1. The highest BCUT2D eigenvalue weighted by atomic mass is 16.4. The highest BCUT2D eigenvalue weighted by Crippen LogP contribution is 2.26. The summed E-state index contributed by atoms with van der Waals surface area (Å²) in [7, 11) is 0. The summed E-state index contributed by atoms with van der Waals surface area (Å²) >= 11 is 0. The number of hydrogen-bond donors (Lipinski definition) is 2. The lowest BCUT2D eigenvalue weighted by molar-refractivity contribution is -0.137. The van der Waals surface area contributed by atoms with Gasteiger partial charge in [-0.25, -0.2) is 4.98 Å². The van der Waals surface area contributed by atoms with Gasteiger partial charge in [-0.3, -0.25) is 19.1 Å². The second-order valence-electron chi connectivity index (χ2n) is 5.72. The average molecular weight is 331 g/mol. The Kier molecular flexibility index (Phi) is 4.41. The van der Waals surface area contributed by atoms with E-state index in [4.69, 9.17) is 5.11 Å². The van der Waals surface area contributed by atoms with Crippen LogP contribution < -0.4 is 5.56 Å². The molecule has 2 N–H and O–H groups in total. The van der Waals surface area contributed by atoms with Crippen molar-refractivity contribution in [3.63, 3.8) is 0 Å². The number of aliphatic carboxylic acids is 1. The van der Waals surface area contributed by atoms with Crippen LogP contribution >= 0.6 is 0 Å². The van der Waals surface area contributed by atoms with Gasteiger partial charge in [0.15, 0.2) is 0 Å². The molecule has 0 aliphatic carbocycles. The third-order valence-corrected chi connectivity index (χ3v) is 3.98. The number of H-pyrrole nitrogens is 1. The Hall–Kier alpha value is -2.97. The van der Waals surface area contributed by atoms with Crippen LogP contribution in [0.25, 0.3) is 0 Å². The lowest BCUT2D eigenvalue weighted by atomic mass is 9.95. The third-order valence-electron chi connectivity index (χ3n) is 3.98. The predicted molar refractivity (Wildman–Crippen MR) is 82.6 cm³/mol. The summed E-state index contributed by atoms with van der Waals surface area (Å²) < 4.78 is 1.38. The van der Waals surface area contributed by atoms with Crippen molar-refractivity contribution in [3.05, 3.63) is 46.4 Å². The van der Waals surface area contributed by atoms with E-state index in [-0.39, 0.29) is 29.6 Å². The van der Waals surface area contributed by atoms with Gasteiger partial charge in [0, 0.05) is 31.4 Å². The van der Waals surface area contributed by atoms with Gasteiger partial charge in [0.05, 0.1) is 11.9 Å². The summed E-state index contributed by atoms with van der Waals surface area (Å²) in [6, 6.07) is 1.79. The second kappa shape index (κ2) is 6.65. The zero-order chi connectivity index (χ0) is 17.1. The Bertz CT molecular complexity index is 792. The lowest BCUT2D eigenvalue weighted by Gasteiger charge is -2.31. The Morgan fingerprint density at radius 2 is 2.25 bits per heavy atom. The molecule has 1 aliphatic heterocycles. The largest absolute Gasteiger partial charge is 0.480 e. The fourth-order valence-electron chi connectivity index (χ4n) is 2.85. The summed E-state index contributed by atoms with van der Waals surface area (Å²) in [6.45, 7) is 0.923. The number of carbonyl (C=O) groups is 2. The van der Waals surface area contributed by atoms with Gasteiger partial charge in [-0.15, -0.1) is 0 Å². The van der Waals surface area contributed by atoms with Crippen LogP contribution in [0.2, 0.25) is 0 Å². The number of carboxylic acid groups (broad SMARTS) is 1. The molecule has 2 aromatic rings. The second-order valence-corrected chi connectivity index (χ2v) is 5.72. The highest BCUT2D eigenvalue weighted by molar-refractivity contribution is 5.92. The number of carbonyl (C=O) groups excluding carboxylic acids is 1. The predicted octanol–water partition coefficient (Wildman–Crippen LogP) is 0.0708. The monoisotopic (exact) mass is 331 g/mol. The molecule has 1 fully saturated rings. The van der Waals surface area contributed by atoms with Crippen molar-refractivity contribution in [2.45, 2.75) is 25.3 Å². The van der Waals surface area contributed by atoms with Crippen molar-refractivity contribution < 1.29 is 14.7 Å². The van der Waals surface area contributed by atoms with Crippen LogP contribution in [-0.2, 0) is 11.3 Å². The Morgan fingerprint density at radius 1 is 1.42 bits per heavy atom. The van der Waals surface area contributed by atoms with Gasteiger partial charge in [0.1, 0.15) is 12.2 Å². The van der Waals surface area contributed by atoms with Crippen LogP contribution in [0.5, 0.6) is 0 Å². The minimum absolute atomic E-state index is 0.0560. The number of piperidine rings is 1. The molecule has 1 atom stereocenters. The van der Waals surface area contributed by atoms with Crippen LogP contribution in [0.1, 0.15) is 34.9 Å². The first kappa shape index (κ1) is 15.9. The summed E-state index contributed by atoms with van der Waals surface area (Å²) in [6.07, 6.45) is 5.74. The zero-order valence-corrected chi connectivity index (χ0v) is 12.9. The molecule has 9 heteroatoms. The molecule has 0 radical (unpaired) electrons. The lowest BCUT2D eigenvalue weighted by Crippen LogP contribution is -2.39. The molecule has 0 unspecified atom stereocenters. The Morgan fingerprint density at radius 3 is 2.96 bits per heavy atom. The average Bonchev–Trinajstić information content (AvgIpc) is 3.03. The van der Waals surface area contributed by atoms with E-state index in [1.165, 1.54) is 10.9 Å². The van der Waals surface area contributed by atoms with E-state index in [0.717, 1.165) is 24.7 Å². The number of hydrogen-bond acceptors (Lipinski definition) is 5. The molecule has 2 aromatic heterocycles. The molecule has 3 rings (SSSR count). The molecule has 0 bridgehead atoms. The highest BCUT2D eigenvalue weighted by Gasteiger charge is 2.27. The molecule has 9 nitrogen and oxygen atoms in total. The molecular formula is C15H17N5O4. The molecule has 0 spiro atoms. The number of aromatic nitrogens is 4. The van der Waals surface area contributed by atoms with Crippen LogP contribution in [-0.4, -0.2) is 54.7 Å².